The van der Waals surface area contributed by atoms with Crippen molar-refractivity contribution in [1.82, 2.24) is 9.97 Å². The summed E-state index contributed by atoms with van der Waals surface area (Å²) in [7, 11) is 0. The van der Waals surface area contributed by atoms with Gasteiger partial charge in [0, 0.05) is 11.3 Å². The second kappa shape index (κ2) is 4.67. The first-order valence-electron chi connectivity index (χ1n) is 5.57. The largest absolute Gasteiger partial charge is 0.388 e. The van der Waals surface area contributed by atoms with Crippen molar-refractivity contribution in [2.24, 2.45) is 0 Å². The molecular weight excluding hydrogens is 219 g/mol. The minimum absolute atomic E-state index is 0.144. The molecule has 1 heterocycles. The standard InChI is InChI=1S/C13H15FN2O/c1-8(2)12-13(16-11(7-17)15-12)9-4-3-5-10(14)6-9/h3-6,8,17H,7H2,1-2H3,(H,15,16). The monoisotopic (exact) mass is 234 g/mol. The van der Waals surface area contributed by atoms with Gasteiger partial charge in [-0.05, 0) is 18.1 Å². The highest BCUT2D eigenvalue weighted by Crippen LogP contribution is 2.27. The maximum atomic E-state index is 13.2. The Balaban J connectivity index is 2.53. The molecule has 2 rings (SSSR count). The third kappa shape index (κ3) is 2.36. The molecule has 0 radical (unpaired) electrons. The van der Waals surface area contributed by atoms with Gasteiger partial charge in [0.2, 0.25) is 0 Å². The molecule has 0 spiro atoms. The van der Waals surface area contributed by atoms with Crippen LogP contribution in [0, 0.1) is 5.82 Å². The highest BCUT2D eigenvalue weighted by Gasteiger charge is 2.14. The number of aromatic nitrogens is 2. The zero-order chi connectivity index (χ0) is 12.4. The Morgan fingerprint density at radius 3 is 2.76 bits per heavy atom. The number of nitrogens with zero attached hydrogens (tertiary/aromatic N) is 1. The number of aliphatic hydroxyl groups excluding tert-OH is 1. The Bertz CT molecular complexity index is 520. The Labute approximate surface area is 99.3 Å². The molecule has 1 aromatic carbocycles. The van der Waals surface area contributed by atoms with Gasteiger partial charge in [0.15, 0.2) is 0 Å². The van der Waals surface area contributed by atoms with Crippen molar-refractivity contribution < 1.29 is 9.50 Å². The Morgan fingerprint density at radius 1 is 1.41 bits per heavy atom. The third-order valence-electron chi connectivity index (χ3n) is 2.61. The summed E-state index contributed by atoms with van der Waals surface area (Å²) in [4.78, 5) is 7.35. The van der Waals surface area contributed by atoms with Crippen molar-refractivity contribution in [3.63, 3.8) is 0 Å². The number of halogens is 1. The zero-order valence-corrected chi connectivity index (χ0v) is 9.87. The van der Waals surface area contributed by atoms with E-state index in [2.05, 4.69) is 9.97 Å². The van der Waals surface area contributed by atoms with E-state index in [4.69, 9.17) is 5.11 Å². The van der Waals surface area contributed by atoms with Crippen LogP contribution >= 0.6 is 0 Å². The average Bonchev–Trinajstić information content (AvgIpc) is 2.73. The lowest BCUT2D eigenvalue weighted by Gasteiger charge is -2.05. The number of imidazole rings is 1. The predicted octanol–water partition coefficient (Wildman–Crippen LogP) is 2.83. The van der Waals surface area contributed by atoms with Gasteiger partial charge in [-0.1, -0.05) is 26.0 Å². The molecule has 0 atom stereocenters. The molecule has 0 aliphatic carbocycles. The molecule has 0 unspecified atom stereocenters. The lowest BCUT2D eigenvalue weighted by Crippen LogP contribution is -1.92. The highest BCUT2D eigenvalue weighted by atomic mass is 19.1. The lowest BCUT2D eigenvalue weighted by atomic mass is 10.0. The van der Waals surface area contributed by atoms with E-state index in [1.165, 1.54) is 12.1 Å². The summed E-state index contributed by atoms with van der Waals surface area (Å²) in [5, 5.41) is 9.09. The van der Waals surface area contributed by atoms with Gasteiger partial charge in [-0.25, -0.2) is 9.37 Å². The number of aliphatic hydroxyl groups is 1. The molecule has 90 valence electrons. The number of benzene rings is 1. The smallest absolute Gasteiger partial charge is 0.132 e. The van der Waals surface area contributed by atoms with Crippen molar-refractivity contribution in [3.8, 4) is 11.3 Å². The Hall–Kier alpha value is -1.68. The van der Waals surface area contributed by atoms with E-state index in [0.29, 0.717) is 11.5 Å². The van der Waals surface area contributed by atoms with E-state index in [-0.39, 0.29) is 18.3 Å². The second-order valence-electron chi connectivity index (χ2n) is 4.27. The van der Waals surface area contributed by atoms with Gasteiger partial charge in [0.1, 0.15) is 18.2 Å². The first kappa shape index (κ1) is 11.8. The first-order chi connectivity index (χ1) is 8.11. The van der Waals surface area contributed by atoms with Crippen LogP contribution in [0.4, 0.5) is 4.39 Å². The predicted molar refractivity (Wildman–Crippen MR) is 64.0 cm³/mol. The molecule has 2 aromatic rings. The van der Waals surface area contributed by atoms with Crippen molar-refractivity contribution in [2.45, 2.75) is 26.4 Å². The van der Waals surface area contributed by atoms with Crippen LogP contribution in [0.1, 0.15) is 31.3 Å². The molecule has 0 saturated heterocycles. The summed E-state index contributed by atoms with van der Waals surface area (Å²) < 4.78 is 13.2. The molecule has 1 aromatic heterocycles. The summed E-state index contributed by atoms with van der Waals surface area (Å²) >= 11 is 0. The van der Waals surface area contributed by atoms with E-state index < -0.39 is 0 Å². The molecule has 17 heavy (non-hydrogen) atoms. The van der Waals surface area contributed by atoms with Crippen LogP contribution in [0.3, 0.4) is 0 Å². The quantitative estimate of drug-likeness (QED) is 0.857. The molecule has 0 aliphatic heterocycles. The lowest BCUT2D eigenvalue weighted by molar-refractivity contribution is 0.272. The molecule has 0 fully saturated rings. The number of aromatic amines is 1. The summed E-state index contributed by atoms with van der Waals surface area (Å²) in [6.45, 7) is 3.91. The average molecular weight is 234 g/mol. The summed E-state index contributed by atoms with van der Waals surface area (Å²) in [5.74, 6) is 0.458. The number of hydrogen-bond acceptors (Lipinski definition) is 2. The van der Waals surface area contributed by atoms with E-state index in [1.807, 2.05) is 19.9 Å². The minimum Gasteiger partial charge on any atom is -0.388 e. The molecule has 3 nitrogen and oxygen atoms in total. The van der Waals surface area contributed by atoms with Crippen molar-refractivity contribution in [1.29, 1.82) is 0 Å². The molecule has 0 saturated carbocycles. The molecule has 2 N–H and O–H groups in total. The fraction of sp³-hybridized carbons (Fsp3) is 0.308. The van der Waals surface area contributed by atoms with Crippen molar-refractivity contribution in [2.75, 3.05) is 0 Å². The molecule has 0 amide bonds. The van der Waals surface area contributed by atoms with Crippen LogP contribution in [0.2, 0.25) is 0 Å². The third-order valence-corrected chi connectivity index (χ3v) is 2.61. The SMILES string of the molecule is CC(C)c1[nH]c(CO)nc1-c1cccc(F)c1. The Kier molecular flexibility index (Phi) is 3.24. The highest BCUT2D eigenvalue weighted by molar-refractivity contribution is 5.62. The number of H-pyrrole nitrogens is 1. The van der Waals surface area contributed by atoms with Gasteiger partial charge in [0.25, 0.3) is 0 Å². The summed E-state index contributed by atoms with van der Waals surface area (Å²) in [6, 6.07) is 6.32. The first-order valence-corrected chi connectivity index (χ1v) is 5.57. The fourth-order valence-corrected chi connectivity index (χ4v) is 1.79. The van der Waals surface area contributed by atoms with Crippen LogP contribution in [0.25, 0.3) is 11.3 Å². The van der Waals surface area contributed by atoms with Crippen LogP contribution < -0.4 is 0 Å². The van der Waals surface area contributed by atoms with Crippen LogP contribution in [0.5, 0.6) is 0 Å². The zero-order valence-electron chi connectivity index (χ0n) is 9.87. The summed E-state index contributed by atoms with van der Waals surface area (Å²) in [5.41, 5.74) is 2.35. The van der Waals surface area contributed by atoms with Gasteiger partial charge in [-0.2, -0.15) is 0 Å². The van der Waals surface area contributed by atoms with Crippen LogP contribution in [-0.2, 0) is 6.61 Å². The van der Waals surface area contributed by atoms with Gasteiger partial charge in [0.05, 0.1) is 5.69 Å². The Morgan fingerprint density at radius 2 is 2.18 bits per heavy atom. The minimum atomic E-state index is -0.286. The maximum absolute atomic E-state index is 13.2. The second-order valence-corrected chi connectivity index (χ2v) is 4.27. The van der Waals surface area contributed by atoms with E-state index in [0.717, 1.165) is 11.3 Å². The normalized spacial score (nSPS) is 11.1. The number of nitrogens with one attached hydrogen (secondary N) is 1. The van der Waals surface area contributed by atoms with E-state index >= 15 is 0 Å². The topological polar surface area (TPSA) is 48.9 Å². The van der Waals surface area contributed by atoms with E-state index in [9.17, 15) is 4.39 Å². The fourth-order valence-electron chi connectivity index (χ4n) is 1.79. The van der Waals surface area contributed by atoms with Crippen LogP contribution in [-0.4, -0.2) is 15.1 Å². The number of hydrogen-bond donors (Lipinski definition) is 2. The molecule has 0 bridgehead atoms. The molecule has 0 aliphatic rings. The van der Waals surface area contributed by atoms with Gasteiger partial charge < -0.3 is 10.1 Å². The van der Waals surface area contributed by atoms with Gasteiger partial charge in [-0.3, -0.25) is 0 Å². The maximum Gasteiger partial charge on any atom is 0.132 e. The van der Waals surface area contributed by atoms with Gasteiger partial charge in [-0.15, -0.1) is 0 Å². The van der Waals surface area contributed by atoms with Crippen molar-refractivity contribution in [3.05, 3.63) is 41.6 Å². The summed E-state index contributed by atoms with van der Waals surface area (Å²) in [6.07, 6.45) is 0. The van der Waals surface area contributed by atoms with Crippen LogP contribution in [0.15, 0.2) is 24.3 Å². The van der Waals surface area contributed by atoms with Gasteiger partial charge >= 0.3 is 0 Å². The van der Waals surface area contributed by atoms with E-state index in [1.54, 1.807) is 6.07 Å². The molecule has 4 heteroatoms. The van der Waals surface area contributed by atoms with Crippen molar-refractivity contribution >= 4 is 0 Å². The number of rotatable bonds is 3. The molecular formula is C13H15FN2O.